The highest BCUT2D eigenvalue weighted by Crippen LogP contribution is 2.36. The highest BCUT2D eigenvalue weighted by molar-refractivity contribution is 6.22. The maximum atomic E-state index is 12.9. The molecule has 0 atom stereocenters. The lowest BCUT2D eigenvalue weighted by Crippen LogP contribution is -2.33. The minimum Gasteiger partial charge on any atom is -0.494 e. The lowest BCUT2D eigenvalue weighted by Gasteiger charge is -2.20. The molecule has 2 N–H and O–H groups in total. The van der Waals surface area contributed by atoms with Crippen LogP contribution in [-0.4, -0.2) is 83.9 Å². The number of ether oxygens (including phenoxy) is 2. The first-order chi connectivity index (χ1) is 19.2. The molecule has 1 aliphatic heterocycles. The summed E-state index contributed by atoms with van der Waals surface area (Å²) in [4.78, 5) is 35.1. The lowest BCUT2D eigenvalue weighted by molar-refractivity contribution is -0.384. The Kier molecular flexibility index (Phi) is 7.39. The minimum absolute atomic E-state index is 0.0969. The van der Waals surface area contributed by atoms with E-state index in [1.54, 1.807) is 54.4 Å². The van der Waals surface area contributed by atoms with Gasteiger partial charge < -0.3 is 29.4 Å². The number of nitrogens with one attached hydrogen (secondary N) is 1. The molecular weight excluding hydrogens is 514 g/mol. The molecule has 40 heavy (non-hydrogen) atoms. The van der Waals surface area contributed by atoms with Crippen molar-refractivity contribution >= 4 is 33.9 Å². The summed E-state index contributed by atoms with van der Waals surface area (Å²) in [5.41, 5.74) is 2.81. The molecule has 0 saturated carbocycles. The lowest BCUT2D eigenvalue weighted by atomic mass is 10.00. The number of rotatable bonds is 8. The summed E-state index contributed by atoms with van der Waals surface area (Å²) in [6.07, 6.45) is 0. The van der Waals surface area contributed by atoms with Gasteiger partial charge in [0.1, 0.15) is 13.2 Å². The average Bonchev–Trinajstić information content (AvgIpc) is 3.28. The van der Waals surface area contributed by atoms with Gasteiger partial charge in [0.15, 0.2) is 17.4 Å². The van der Waals surface area contributed by atoms with Crippen molar-refractivity contribution in [2.24, 2.45) is 4.99 Å². The summed E-state index contributed by atoms with van der Waals surface area (Å²) < 4.78 is 11.4. The van der Waals surface area contributed by atoms with Crippen molar-refractivity contribution in [3.8, 4) is 17.4 Å². The molecule has 11 heteroatoms. The zero-order valence-corrected chi connectivity index (χ0v) is 22.4. The number of hydrogen-bond donors (Lipinski definition) is 2. The molecule has 206 valence electrons. The Labute approximate surface area is 230 Å². The normalized spacial score (nSPS) is 13.1. The van der Waals surface area contributed by atoms with Gasteiger partial charge in [-0.05, 0) is 62.6 Å². The quantitative estimate of drug-likeness (QED) is 0.192. The third-order valence-electron chi connectivity index (χ3n) is 6.61. The number of aliphatic imine (C=N–C) groups is 1. The standard InChI is InChI=1S/C29H29N5O6/c1-32(2)12-13-33(3)29(36)18-4-7-20(8-5-18)30-27(19-6-11-24-25(16-19)40-15-14-39-24)26-22-10-9-21(34(37)38)17-23(22)31-28(26)35/h4-11,16-17,31,35H,12-15H2,1-3H3. The van der Waals surface area contributed by atoms with Gasteiger partial charge in [-0.2, -0.15) is 0 Å². The molecule has 2 heterocycles. The molecule has 4 aromatic rings. The number of benzene rings is 3. The van der Waals surface area contributed by atoms with Crippen LogP contribution in [0.25, 0.3) is 10.9 Å². The molecule has 1 amide bonds. The Morgan fingerprint density at radius 2 is 1.68 bits per heavy atom. The van der Waals surface area contributed by atoms with Gasteiger partial charge in [-0.1, -0.05) is 0 Å². The van der Waals surface area contributed by atoms with Crippen molar-refractivity contribution in [2.45, 2.75) is 0 Å². The summed E-state index contributed by atoms with van der Waals surface area (Å²) in [5, 5.41) is 22.8. The second-order valence-electron chi connectivity index (χ2n) is 9.73. The molecule has 0 fully saturated rings. The van der Waals surface area contributed by atoms with Crippen LogP contribution < -0.4 is 9.47 Å². The van der Waals surface area contributed by atoms with E-state index in [1.807, 2.05) is 25.1 Å². The smallest absolute Gasteiger partial charge is 0.271 e. The van der Waals surface area contributed by atoms with Gasteiger partial charge in [-0.25, -0.2) is 4.99 Å². The molecule has 0 bridgehead atoms. The summed E-state index contributed by atoms with van der Waals surface area (Å²) in [6.45, 7) is 2.20. The summed E-state index contributed by atoms with van der Waals surface area (Å²) in [5.74, 6) is 0.876. The van der Waals surface area contributed by atoms with Crippen molar-refractivity contribution < 1.29 is 24.3 Å². The van der Waals surface area contributed by atoms with Crippen LogP contribution in [0.2, 0.25) is 0 Å². The van der Waals surface area contributed by atoms with Crippen molar-refractivity contribution in [3.05, 3.63) is 87.5 Å². The van der Waals surface area contributed by atoms with Crippen LogP contribution >= 0.6 is 0 Å². The fourth-order valence-corrected chi connectivity index (χ4v) is 4.46. The molecular formula is C29H29N5O6. The molecule has 5 rings (SSSR count). The number of carbonyl (C=O) groups is 1. The Morgan fingerprint density at radius 1 is 0.975 bits per heavy atom. The van der Waals surface area contributed by atoms with E-state index in [1.165, 1.54) is 12.1 Å². The number of carbonyl (C=O) groups excluding carboxylic acids is 1. The Bertz CT molecular complexity index is 1610. The predicted octanol–water partition coefficient (Wildman–Crippen LogP) is 4.36. The van der Waals surface area contributed by atoms with Crippen molar-refractivity contribution in [3.63, 3.8) is 0 Å². The van der Waals surface area contributed by atoms with Gasteiger partial charge in [-0.3, -0.25) is 14.9 Å². The third kappa shape index (κ3) is 5.45. The van der Waals surface area contributed by atoms with Crippen molar-refractivity contribution in [1.82, 2.24) is 14.8 Å². The Hall–Kier alpha value is -4.90. The Balaban J connectivity index is 1.57. The zero-order valence-electron chi connectivity index (χ0n) is 22.4. The molecule has 0 saturated heterocycles. The number of aromatic hydroxyl groups is 1. The van der Waals surface area contributed by atoms with E-state index in [-0.39, 0.29) is 17.5 Å². The Morgan fingerprint density at radius 3 is 2.38 bits per heavy atom. The maximum absolute atomic E-state index is 12.9. The third-order valence-corrected chi connectivity index (χ3v) is 6.61. The van der Waals surface area contributed by atoms with Crippen LogP contribution in [-0.2, 0) is 0 Å². The fraction of sp³-hybridized carbons (Fsp3) is 0.241. The molecule has 0 spiro atoms. The molecule has 0 aliphatic carbocycles. The van der Waals surface area contributed by atoms with E-state index in [9.17, 15) is 20.0 Å². The van der Waals surface area contributed by atoms with Gasteiger partial charge in [0.2, 0.25) is 0 Å². The molecule has 1 aromatic heterocycles. The first kappa shape index (κ1) is 26.7. The van der Waals surface area contributed by atoms with E-state index in [0.717, 1.165) is 6.54 Å². The van der Waals surface area contributed by atoms with Gasteiger partial charge in [0.05, 0.1) is 27.4 Å². The second kappa shape index (κ2) is 11.1. The topological polar surface area (TPSA) is 134 Å². The number of nitrogens with zero attached hydrogens (tertiary/aromatic N) is 4. The number of aromatic amines is 1. The summed E-state index contributed by atoms with van der Waals surface area (Å²) >= 11 is 0. The predicted molar refractivity (Wildman–Crippen MR) is 151 cm³/mol. The summed E-state index contributed by atoms with van der Waals surface area (Å²) in [7, 11) is 5.68. The van der Waals surface area contributed by atoms with Crippen molar-refractivity contribution in [2.75, 3.05) is 47.4 Å². The monoisotopic (exact) mass is 543 g/mol. The van der Waals surface area contributed by atoms with E-state index in [4.69, 9.17) is 14.5 Å². The molecule has 1 aliphatic rings. The number of H-pyrrole nitrogens is 1. The molecule has 0 radical (unpaired) electrons. The average molecular weight is 544 g/mol. The van der Waals surface area contributed by atoms with Crippen LogP contribution in [0.3, 0.4) is 0 Å². The van der Waals surface area contributed by atoms with E-state index < -0.39 is 4.92 Å². The van der Waals surface area contributed by atoms with Gasteiger partial charge in [-0.15, -0.1) is 0 Å². The highest BCUT2D eigenvalue weighted by Gasteiger charge is 2.23. The fourth-order valence-electron chi connectivity index (χ4n) is 4.46. The van der Waals surface area contributed by atoms with Crippen LogP contribution in [0.5, 0.6) is 17.4 Å². The number of amides is 1. The number of aromatic nitrogens is 1. The van der Waals surface area contributed by atoms with Gasteiger partial charge in [0, 0.05) is 48.8 Å². The zero-order chi connectivity index (χ0) is 28.4. The second-order valence-corrected chi connectivity index (χ2v) is 9.73. The van der Waals surface area contributed by atoms with Crippen molar-refractivity contribution in [1.29, 1.82) is 0 Å². The molecule has 3 aromatic carbocycles. The largest absolute Gasteiger partial charge is 0.494 e. The maximum Gasteiger partial charge on any atom is 0.271 e. The highest BCUT2D eigenvalue weighted by atomic mass is 16.6. The van der Waals surface area contributed by atoms with Crippen LogP contribution in [0, 0.1) is 10.1 Å². The molecule has 0 unspecified atom stereocenters. The number of nitro groups is 1. The number of nitro benzene ring substituents is 1. The summed E-state index contributed by atoms with van der Waals surface area (Å²) in [6, 6.07) is 16.6. The first-order valence-corrected chi connectivity index (χ1v) is 12.7. The SMILES string of the molecule is CN(C)CCN(C)C(=O)c1ccc(N=C(c2ccc3c(c2)OCCO3)c2c(O)[nH]c3cc([N+](=O)[O-])ccc23)cc1. The van der Waals surface area contributed by atoms with Gasteiger partial charge >= 0.3 is 0 Å². The number of non-ortho nitro benzene ring substituents is 1. The van der Waals surface area contributed by atoms with E-state index in [0.29, 0.717) is 70.2 Å². The number of fused-ring (bicyclic) bond motifs is 2. The molecule has 11 nitrogen and oxygen atoms in total. The number of hydrogen-bond acceptors (Lipinski definition) is 8. The van der Waals surface area contributed by atoms with Crippen LogP contribution in [0.1, 0.15) is 21.5 Å². The van der Waals surface area contributed by atoms with Crippen LogP contribution in [0.15, 0.2) is 65.7 Å². The van der Waals surface area contributed by atoms with E-state index >= 15 is 0 Å². The van der Waals surface area contributed by atoms with Gasteiger partial charge in [0.25, 0.3) is 11.6 Å². The number of likely N-dealkylation sites (N-methyl/N-ethyl adjacent to an activating group) is 2. The van der Waals surface area contributed by atoms with E-state index in [2.05, 4.69) is 4.98 Å². The minimum atomic E-state index is -0.492. The first-order valence-electron chi connectivity index (χ1n) is 12.7. The van der Waals surface area contributed by atoms with Crippen LogP contribution in [0.4, 0.5) is 11.4 Å².